The minimum Gasteiger partial charge on any atom is -0.0622 e. The van der Waals surface area contributed by atoms with Crippen molar-refractivity contribution in [1.29, 1.82) is 0 Å². The van der Waals surface area contributed by atoms with Crippen LogP contribution in [0.25, 0.3) is 11.6 Å². The second kappa shape index (κ2) is 5.06. The molecule has 0 aromatic heterocycles. The Morgan fingerprint density at radius 2 is 1.24 bits per heavy atom. The normalized spacial score (nSPS) is 12.9. The molecule has 0 saturated heterocycles. The fraction of sp³-hybridized carbons (Fsp3) is 0.0476. The first-order valence-electron chi connectivity index (χ1n) is 7.35. The molecule has 0 heterocycles. The average molecular weight is 268 g/mol. The van der Waals surface area contributed by atoms with Crippen LogP contribution in [0.1, 0.15) is 27.8 Å². The van der Waals surface area contributed by atoms with E-state index >= 15 is 0 Å². The van der Waals surface area contributed by atoms with Crippen LogP contribution in [-0.2, 0) is 6.42 Å². The lowest BCUT2D eigenvalue weighted by molar-refractivity contribution is 1.18. The Bertz CT molecular complexity index is 810. The van der Waals surface area contributed by atoms with Gasteiger partial charge in [-0.2, -0.15) is 0 Å². The van der Waals surface area contributed by atoms with E-state index in [0.29, 0.717) is 0 Å². The van der Waals surface area contributed by atoms with Crippen molar-refractivity contribution in [3.05, 3.63) is 107 Å². The van der Waals surface area contributed by atoms with E-state index in [1.807, 2.05) is 0 Å². The van der Waals surface area contributed by atoms with E-state index < -0.39 is 0 Å². The second-order valence-corrected chi connectivity index (χ2v) is 5.46. The van der Waals surface area contributed by atoms with Gasteiger partial charge in [-0.25, -0.2) is 0 Å². The molecule has 3 aromatic carbocycles. The van der Waals surface area contributed by atoms with Crippen LogP contribution in [0.4, 0.5) is 0 Å². The minimum atomic E-state index is 0.999. The third-order valence-corrected chi connectivity index (χ3v) is 4.13. The maximum atomic E-state index is 2.33. The molecule has 0 amide bonds. The van der Waals surface area contributed by atoms with Gasteiger partial charge in [0.1, 0.15) is 0 Å². The molecular formula is C21H16. The third-order valence-electron chi connectivity index (χ3n) is 4.13. The van der Waals surface area contributed by atoms with Gasteiger partial charge in [0.15, 0.2) is 0 Å². The standard InChI is InChI=1S/C21H16/c1-2-8-16(9-3-1)21-15-18-11-5-4-10-17(18)14-19-12-6-7-13-20(19)21/h1-13,15H,14H2. The first-order chi connectivity index (χ1) is 10.4. The summed E-state index contributed by atoms with van der Waals surface area (Å²) in [7, 11) is 0. The quantitative estimate of drug-likeness (QED) is 0.446. The van der Waals surface area contributed by atoms with Gasteiger partial charge in [-0.15, -0.1) is 0 Å². The van der Waals surface area contributed by atoms with Crippen molar-refractivity contribution in [2.75, 3.05) is 0 Å². The van der Waals surface area contributed by atoms with Gasteiger partial charge in [0.05, 0.1) is 0 Å². The average Bonchev–Trinajstić information content (AvgIpc) is 2.72. The van der Waals surface area contributed by atoms with Crippen molar-refractivity contribution in [2.24, 2.45) is 0 Å². The smallest absolute Gasteiger partial charge is 0.00137 e. The Balaban J connectivity index is 2.00. The van der Waals surface area contributed by atoms with Crippen molar-refractivity contribution in [3.63, 3.8) is 0 Å². The van der Waals surface area contributed by atoms with Gasteiger partial charge in [0.25, 0.3) is 0 Å². The first-order valence-corrected chi connectivity index (χ1v) is 7.35. The number of rotatable bonds is 1. The summed E-state index contributed by atoms with van der Waals surface area (Å²) in [4.78, 5) is 0. The van der Waals surface area contributed by atoms with Gasteiger partial charge in [0, 0.05) is 0 Å². The van der Waals surface area contributed by atoms with E-state index in [0.717, 1.165) is 6.42 Å². The Morgan fingerprint density at radius 1 is 0.571 bits per heavy atom. The molecule has 0 fully saturated rings. The molecule has 0 aliphatic heterocycles. The molecule has 3 aromatic rings. The number of hydrogen-bond donors (Lipinski definition) is 0. The molecule has 0 atom stereocenters. The van der Waals surface area contributed by atoms with Crippen LogP contribution in [-0.4, -0.2) is 0 Å². The van der Waals surface area contributed by atoms with Crippen LogP contribution in [0.3, 0.4) is 0 Å². The number of hydrogen-bond acceptors (Lipinski definition) is 0. The molecular weight excluding hydrogens is 252 g/mol. The summed E-state index contributed by atoms with van der Waals surface area (Å²) in [5.41, 5.74) is 8.07. The minimum absolute atomic E-state index is 0.999. The van der Waals surface area contributed by atoms with Crippen molar-refractivity contribution in [3.8, 4) is 0 Å². The van der Waals surface area contributed by atoms with Gasteiger partial charge in [0.2, 0.25) is 0 Å². The molecule has 100 valence electrons. The molecule has 0 nitrogen and oxygen atoms in total. The SMILES string of the molecule is C1=C(c2ccccc2)c2ccccc2Cc2ccccc21. The molecule has 0 saturated carbocycles. The Kier molecular flexibility index (Phi) is 2.93. The van der Waals surface area contributed by atoms with Crippen molar-refractivity contribution >= 4 is 11.6 Å². The zero-order chi connectivity index (χ0) is 14.1. The Hall–Kier alpha value is -2.60. The molecule has 0 unspecified atom stereocenters. The highest BCUT2D eigenvalue weighted by atomic mass is 14.2. The summed E-state index contributed by atoms with van der Waals surface area (Å²) in [6, 6.07) is 28.1. The fourth-order valence-corrected chi connectivity index (χ4v) is 3.07. The van der Waals surface area contributed by atoms with E-state index in [1.165, 1.54) is 33.4 Å². The van der Waals surface area contributed by atoms with Gasteiger partial charge < -0.3 is 0 Å². The molecule has 0 N–H and O–H groups in total. The predicted molar refractivity (Wildman–Crippen MR) is 89.1 cm³/mol. The lowest BCUT2D eigenvalue weighted by atomic mass is 9.93. The highest BCUT2D eigenvalue weighted by Gasteiger charge is 2.15. The van der Waals surface area contributed by atoms with Crippen LogP contribution in [0, 0.1) is 0 Å². The predicted octanol–water partition coefficient (Wildman–Crippen LogP) is 5.18. The number of fused-ring (bicyclic) bond motifs is 2. The van der Waals surface area contributed by atoms with Gasteiger partial charge >= 0.3 is 0 Å². The lowest BCUT2D eigenvalue weighted by Crippen LogP contribution is -1.93. The van der Waals surface area contributed by atoms with Crippen molar-refractivity contribution < 1.29 is 0 Å². The zero-order valence-corrected chi connectivity index (χ0v) is 11.8. The summed E-state index contributed by atoms with van der Waals surface area (Å²) in [5.74, 6) is 0. The molecule has 1 aliphatic rings. The van der Waals surface area contributed by atoms with Crippen LogP contribution >= 0.6 is 0 Å². The molecule has 1 aliphatic carbocycles. The highest BCUT2D eigenvalue weighted by Crippen LogP contribution is 2.33. The van der Waals surface area contributed by atoms with Crippen molar-refractivity contribution in [1.82, 2.24) is 0 Å². The van der Waals surface area contributed by atoms with Gasteiger partial charge in [-0.1, -0.05) is 78.9 Å². The largest absolute Gasteiger partial charge is 0.0622 e. The lowest BCUT2D eigenvalue weighted by Gasteiger charge is -2.10. The molecule has 0 bridgehead atoms. The van der Waals surface area contributed by atoms with Gasteiger partial charge in [-0.05, 0) is 45.9 Å². The molecule has 0 heteroatoms. The monoisotopic (exact) mass is 268 g/mol. The molecule has 0 radical (unpaired) electrons. The number of benzene rings is 3. The molecule has 4 rings (SSSR count). The Morgan fingerprint density at radius 3 is 2.10 bits per heavy atom. The van der Waals surface area contributed by atoms with Crippen LogP contribution < -0.4 is 0 Å². The fourth-order valence-electron chi connectivity index (χ4n) is 3.07. The molecule has 21 heavy (non-hydrogen) atoms. The van der Waals surface area contributed by atoms with Crippen molar-refractivity contribution in [2.45, 2.75) is 6.42 Å². The summed E-state index contributed by atoms with van der Waals surface area (Å²) in [5, 5.41) is 0. The van der Waals surface area contributed by atoms with Crippen LogP contribution in [0.2, 0.25) is 0 Å². The van der Waals surface area contributed by atoms with Crippen LogP contribution in [0.15, 0.2) is 78.9 Å². The highest BCUT2D eigenvalue weighted by molar-refractivity contribution is 5.94. The third kappa shape index (κ3) is 2.19. The van der Waals surface area contributed by atoms with Crippen LogP contribution in [0.5, 0.6) is 0 Å². The van der Waals surface area contributed by atoms with E-state index in [1.54, 1.807) is 0 Å². The summed E-state index contributed by atoms with van der Waals surface area (Å²) < 4.78 is 0. The molecule has 0 spiro atoms. The topological polar surface area (TPSA) is 0 Å². The second-order valence-electron chi connectivity index (χ2n) is 5.46. The maximum absolute atomic E-state index is 2.33. The summed E-state index contributed by atoms with van der Waals surface area (Å²) in [6.07, 6.45) is 3.33. The van der Waals surface area contributed by atoms with E-state index in [2.05, 4.69) is 84.9 Å². The van der Waals surface area contributed by atoms with E-state index in [-0.39, 0.29) is 0 Å². The van der Waals surface area contributed by atoms with E-state index in [9.17, 15) is 0 Å². The summed E-state index contributed by atoms with van der Waals surface area (Å²) in [6.45, 7) is 0. The Labute approximate surface area is 125 Å². The first kappa shape index (κ1) is 12.2. The van der Waals surface area contributed by atoms with Gasteiger partial charge in [-0.3, -0.25) is 0 Å². The van der Waals surface area contributed by atoms with E-state index in [4.69, 9.17) is 0 Å². The summed E-state index contributed by atoms with van der Waals surface area (Å²) >= 11 is 0. The zero-order valence-electron chi connectivity index (χ0n) is 11.8. The maximum Gasteiger partial charge on any atom is -0.00137 e.